The van der Waals surface area contributed by atoms with Gasteiger partial charge in [-0.3, -0.25) is 4.98 Å². The zero-order valence-corrected chi connectivity index (χ0v) is 10.7. The maximum absolute atomic E-state index is 4.48. The van der Waals surface area contributed by atoms with Gasteiger partial charge in [-0.1, -0.05) is 6.07 Å². The summed E-state index contributed by atoms with van der Waals surface area (Å²) in [6.07, 6.45) is 4.31. The number of benzene rings is 1. The molecule has 1 aromatic heterocycles. The van der Waals surface area contributed by atoms with E-state index in [0.29, 0.717) is 6.04 Å². The van der Waals surface area contributed by atoms with Gasteiger partial charge in [0, 0.05) is 23.3 Å². The van der Waals surface area contributed by atoms with Gasteiger partial charge in [-0.15, -0.1) is 0 Å². The van der Waals surface area contributed by atoms with Gasteiger partial charge in [0.05, 0.1) is 5.52 Å². The molecule has 3 heteroatoms. The summed E-state index contributed by atoms with van der Waals surface area (Å²) in [5.41, 5.74) is 3.50. The third-order valence-electron chi connectivity index (χ3n) is 3.56. The maximum atomic E-state index is 4.48. The van der Waals surface area contributed by atoms with Gasteiger partial charge < -0.3 is 10.6 Å². The van der Waals surface area contributed by atoms with Gasteiger partial charge in [-0.25, -0.2) is 0 Å². The van der Waals surface area contributed by atoms with Crippen LogP contribution in [0.3, 0.4) is 0 Å². The molecule has 2 aromatic rings. The molecule has 18 heavy (non-hydrogen) atoms. The van der Waals surface area contributed by atoms with Crippen molar-refractivity contribution in [3.05, 3.63) is 36.0 Å². The normalized spacial score (nSPS) is 16.9. The Morgan fingerprint density at radius 2 is 2.11 bits per heavy atom. The van der Waals surface area contributed by atoms with Crippen molar-refractivity contribution in [1.82, 2.24) is 10.3 Å². The Morgan fingerprint density at radius 3 is 2.94 bits per heavy atom. The molecule has 1 saturated heterocycles. The standard InChI is InChI=1S/C15H19N3/c1-11-9-13-14(17-10-11)3-2-4-15(13)18-12-5-7-16-8-6-12/h2-4,9-10,12,16,18H,5-8H2,1H3. The molecule has 0 atom stereocenters. The van der Waals surface area contributed by atoms with Crippen LogP contribution in [-0.2, 0) is 0 Å². The predicted octanol–water partition coefficient (Wildman–Crippen LogP) is 2.71. The van der Waals surface area contributed by atoms with Crippen LogP contribution in [0, 0.1) is 6.92 Å². The fourth-order valence-electron chi connectivity index (χ4n) is 2.57. The molecule has 0 aliphatic carbocycles. The van der Waals surface area contributed by atoms with E-state index in [1.165, 1.54) is 29.5 Å². The van der Waals surface area contributed by atoms with E-state index >= 15 is 0 Å². The summed E-state index contributed by atoms with van der Waals surface area (Å²) in [6, 6.07) is 9.10. The van der Waals surface area contributed by atoms with Crippen molar-refractivity contribution >= 4 is 16.6 Å². The summed E-state index contributed by atoms with van der Waals surface area (Å²) >= 11 is 0. The van der Waals surface area contributed by atoms with Crippen LogP contribution in [0.1, 0.15) is 18.4 Å². The van der Waals surface area contributed by atoms with E-state index < -0.39 is 0 Å². The Balaban J connectivity index is 1.92. The van der Waals surface area contributed by atoms with Crippen LogP contribution in [0.25, 0.3) is 10.9 Å². The van der Waals surface area contributed by atoms with Gasteiger partial charge in [0.15, 0.2) is 0 Å². The quantitative estimate of drug-likeness (QED) is 0.849. The van der Waals surface area contributed by atoms with E-state index in [-0.39, 0.29) is 0 Å². The summed E-state index contributed by atoms with van der Waals surface area (Å²) < 4.78 is 0. The number of piperidine rings is 1. The summed E-state index contributed by atoms with van der Waals surface area (Å²) in [6.45, 7) is 4.31. The number of pyridine rings is 1. The first kappa shape index (κ1) is 11.5. The summed E-state index contributed by atoms with van der Waals surface area (Å²) in [5.74, 6) is 0. The van der Waals surface area contributed by atoms with Gasteiger partial charge in [0.25, 0.3) is 0 Å². The molecule has 0 radical (unpaired) electrons. The van der Waals surface area contributed by atoms with Crippen LogP contribution in [0.15, 0.2) is 30.5 Å². The van der Waals surface area contributed by atoms with Crippen LogP contribution >= 0.6 is 0 Å². The van der Waals surface area contributed by atoms with Crippen molar-refractivity contribution in [3.8, 4) is 0 Å². The lowest BCUT2D eigenvalue weighted by Gasteiger charge is -2.25. The molecule has 1 aliphatic rings. The molecule has 0 amide bonds. The molecule has 0 saturated carbocycles. The van der Waals surface area contributed by atoms with Gasteiger partial charge >= 0.3 is 0 Å². The van der Waals surface area contributed by atoms with Crippen molar-refractivity contribution in [3.63, 3.8) is 0 Å². The van der Waals surface area contributed by atoms with Crippen molar-refractivity contribution < 1.29 is 0 Å². The SMILES string of the molecule is Cc1cnc2cccc(NC3CCNCC3)c2c1. The zero-order valence-electron chi connectivity index (χ0n) is 10.7. The van der Waals surface area contributed by atoms with Crippen molar-refractivity contribution in [2.24, 2.45) is 0 Å². The molecule has 94 valence electrons. The Kier molecular flexibility index (Phi) is 3.15. The highest BCUT2D eigenvalue weighted by Crippen LogP contribution is 2.24. The van der Waals surface area contributed by atoms with E-state index in [1.54, 1.807) is 0 Å². The molecule has 0 unspecified atom stereocenters. The average Bonchev–Trinajstić information content (AvgIpc) is 2.41. The van der Waals surface area contributed by atoms with Gasteiger partial charge in [0.1, 0.15) is 0 Å². The molecule has 1 aromatic carbocycles. The molecular formula is C15H19N3. The first-order valence-electron chi connectivity index (χ1n) is 6.65. The topological polar surface area (TPSA) is 37.0 Å². The van der Waals surface area contributed by atoms with Crippen molar-refractivity contribution in [2.45, 2.75) is 25.8 Å². The van der Waals surface area contributed by atoms with Crippen LogP contribution in [0.2, 0.25) is 0 Å². The fourth-order valence-corrected chi connectivity index (χ4v) is 2.57. The van der Waals surface area contributed by atoms with E-state index in [4.69, 9.17) is 0 Å². The van der Waals surface area contributed by atoms with E-state index in [9.17, 15) is 0 Å². The molecular weight excluding hydrogens is 222 g/mol. The first-order chi connectivity index (χ1) is 8.83. The lowest BCUT2D eigenvalue weighted by molar-refractivity contribution is 0.479. The predicted molar refractivity (Wildman–Crippen MR) is 76.0 cm³/mol. The monoisotopic (exact) mass is 241 g/mol. The van der Waals surface area contributed by atoms with Crippen LogP contribution in [0.4, 0.5) is 5.69 Å². The number of aryl methyl sites for hydroxylation is 1. The number of nitrogens with one attached hydrogen (secondary N) is 2. The Bertz CT molecular complexity index is 544. The summed E-state index contributed by atoms with van der Waals surface area (Å²) in [7, 11) is 0. The minimum Gasteiger partial charge on any atom is -0.382 e. The molecule has 3 nitrogen and oxygen atoms in total. The molecule has 3 rings (SSSR count). The molecule has 1 fully saturated rings. The number of nitrogens with zero attached hydrogens (tertiary/aromatic N) is 1. The number of hydrogen-bond donors (Lipinski definition) is 2. The number of rotatable bonds is 2. The minimum atomic E-state index is 0.581. The van der Waals surface area contributed by atoms with Crippen molar-refractivity contribution in [2.75, 3.05) is 18.4 Å². The summed E-state index contributed by atoms with van der Waals surface area (Å²) in [5, 5.41) is 8.30. The molecule has 2 heterocycles. The number of anilines is 1. The van der Waals surface area contributed by atoms with Crippen LogP contribution in [0.5, 0.6) is 0 Å². The second-order valence-electron chi connectivity index (χ2n) is 5.05. The summed E-state index contributed by atoms with van der Waals surface area (Å²) in [4.78, 5) is 4.48. The first-order valence-corrected chi connectivity index (χ1v) is 6.65. The number of fused-ring (bicyclic) bond motifs is 1. The highest BCUT2D eigenvalue weighted by molar-refractivity contribution is 5.91. The third kappa shape index (κ3) is 2.31. The van der Waals surface area contributed by atoms with Crippen molar-refractivity contribution in [1.29, 1.82) is 0 Å². The highest BCUT2D eigenvalue weighted by Gasteiger charge is 2.13. The lowest BCUT2D eigenvalue weighted by Crippen LogP contribution is -2.35. The average molecular weight is 241 g/mol. The van der Waals surface area contributed by atoms with Gasteiger partial charge in [-0.05, 0) is 56.6 Å². The zero-order chi connectivity index (χ0) is 12.4. The lowest BCUT2D eigenvalue weighted by atomic mass is 10.0. The van der Waals surface area contributed by atoms with E-state index in [2.05, 4.69) is 46.8 Å². The molecule has 0 bridgehead atoms. The van der Waals surface area contributed by atoms with E-state index in [0.717, 1.165) is 18.6 Å². The smallest absolute Gasteiger partial charge is 0.0722 e. The Hall–Kier alpha value is -1.61. The van der Waals surface area contributed by atoms with Crippen LogP contribution in [-0.4, -0.2) is 24.1 Å². The highest BCUT2D eigenvalue weighted by atomic mass is 15.0. The number of aromatic nitrogens is 1. The fraction of sp³-hybridized carbons (Fsp3) is 0.400. The molecule has 1 aliphatic heterocycles. The second kappa shape index (κ2) is 4.94. The Labute approximate surface area is 108 Å². The third-order valence-corrected chi connectivity index (χ3v) is 3.56. The largest absolute Gasteiger partial charge is 0.382 e. The number of hydrogen-bond acceptors (Lipinski definition) is 3. The molecule has 0 spiro atoms. The Morgan fingerprint density at radius 1 is 1.28 bits per heavy atom. The second-order valence-corrected chi connectivity index (χ2v) is 5.05. The van der Waals surface area contributed by atoms with Gasteiger partial charge in [0.2, 0.25) is 0 Å². The minimum absolute atomic E-state index is 0.581. The van der Waals surface area contributed by atoms with E-state index in [1.807, 2.05) is 6.20 Å². The molecule has 2 N–H and O–H groups in total. The van der Waals surface area contributed by atoms with Gasteiger partial charge in [-0.2, -0.15) is 0 Å². The maximum Gasteiger partial charge on any atom is 0.0722 e. The van der Waals surface area contributed by atoms with Crippen LogP contribution < -0.4 is 10.6 Å².